The summed E-state index contributed by atoms with van der Waals surface area (Å²) < 4.78 is 0. The van der Waals surface area contributed by atoms with Crippen molar-refractivity contribution in [2.24, 2.45) is 0 Å². The lowest BCUT2D eigenvalue weighted by Crippen LogP contribution is -2.44. The molecule has 0 aliphatic carbocycles. The Morgan fingerprint density at radius 1 is 1.10 bits per heavy atom. The van der Waals surface area contributed by atoms with Crippen LogP contribution in [0.3, 0.4) is 0 Å². The molecule has 0 saturated heterocycles. The lowest BCUT2D eigenvalue weighted by atomic mass is 9.98. The van der Waals surface area contributed by atoms with E-state index in [9.17, 15) is 19.2 Å². The maximum Gasteiger partial charge on any atom is 0.260 e. The molecule has 30 heavy (non-hydrogen) atoms. The van der Waals surface area contributed by atoms with Crippen molar-refractivity contribution in [2.75, 3.05) is 25.5 Å². The van der Waals surface area contributed by atoms with Gasteiger partial charge in [0.2, 0.25) is 17.7 Å². The van der Waals surface area contributed by atoms with Gasteiger partial charge >= 0.3 is 0 Å². The Morgan fingerprint density at radius 2 is 1.83 bits per heavy atom. The maximum absolute atomic E-state index is 12.6. The van der Waals surface area contributed by atoms with Crippen LogP contribution in [-0.4, -0.2) is 53.6 Å². The number of likely N-dealkylation sites (N-methyl/N-ethyl adjacent to an activating group) is 1. The minimum absolute atomic E-state index is 0.00617. The van der Waals surface area contributed by atoms with Gasteiger partial charge in [-0.25, -0.2) is 0 Å². The first-order valence-corrected chi connectivity index (χ1v) is 9.80. The lowest BCUT2D eigenvalue weighted by Gasteiger charge is -2.27. The van der Waals surface area contributed by atoms with Crippen molar-refractivity contribution in [3.8, 4) is 0 Å². The first-order chi connectivity index (χ1) is 14.3. The number of rotatable bonds is 6. The molecule has 0 atom stereocenters. The van der Waals surface area contributed by atoms with Gasteiger partial charge in [-0.05, 0) is 42.7 Å². The van der Waals surface area contributed by atoms with E-state index < -0.39 is 0 Å². The third kappa shape index (κ3) is 4.74. The van der Waals surface area contributed by atoms with Crippen LogP contribution in [0.5, 0.6) is 0 Å². The Hall–Kier alpha value is -3.48. The summed E-state index contributed by atoms with van der Waals surface area (Å²) >= 11 is 0. The molecule has 0 radical (unpaired) electrons. The molecule has 1 N–H and O–H groups in total. The van der Waals surface area contributed by atoms with Crippen LogP contribution in [0, 0.1) is 13.8 Å². The third-order valence-electron chi connectivity index (χ3n) is 5.16. The predicted molar refractivity (Wildman–Crippen MR) is 113 cm³/mol. The van der Waals surface area contributed by atoms with E-state index in [0.29, 0.717) is 16.8 Å². The van der Waals surface area contributed by atoms with E-state index >= 15 is 0 Å². The van der Waals surface area contributed by atoms with Crippen LogP contribution >= 0.6 is 0 Å². The van der Waals surface area contributed by atoms with E-state index in [-0.39, 0.29) is 49.6 Å². The number of hydrogen-bond donors (Lipinski definition) is 1. The highest BCUT2D eigenvalue weighted by atomic mass is 16.2. The van der Waals surface area contributed by atoms with Gasteiger partial charge in [0.25, 0.3) is 5.91 Å². The fraction of sp³-hybridized carbons (Fsp3) is 0.304. The molecular formula is C23H25N3O4. The van der Waals surface area contributed by atoms with Crippen molar-refractivity contribution in [3.05, 3.63) is 64.7 Å². The van der Waals surface area contributed by atoms with Gasteiger partial charge in [0.1, 0.15) is 0 Å². The molecule has 0 unspecified atom stereocenters. The van der Waals surface area contributed by atoms with Crippen molar-refractivity contribution in [1.82, 2.24) is 9.80 Å². The summed E-state index contributed by atoms with van der Waals surface area (Å²) in [6.45, 7) is 3.71. The zero-order chi connectivity index (χ0) is 21.8. The number of nitrogens with zero attached hydrogens (tertiary/aromatic N) is 2. The van der Waals surface area contributed by atoms with Gasteiger partial charge in [-0.15, -0.1) is 0 Å². The van der Waals surface area contributed by atoms with E-state index in [1.807, 2.05) is 32.0 Å². The minimum Gasteiger partial charge on any atom is -0.336 e. The van der Waals surface area contributed by atoms with Crippen LogP contribution in [0.1, 0.15) is 33.5 Å². The molecule has 0 bridgehead atoms. The zero-order valence-corrected chi connectivity index (χ0v) is 17.4. The third-order valence-corrected chi connectivity index (χ3v) is 5.16. The van der Waals surface area contributed by atoms with Crippen molar-refractivity contribution < 1.29 is 19.2 Å². The smallest absolute Gasteiger partial charge is 0.260 e. The lowest BCUT2D eigenvalue weighted by molar-refractivity contribution is -0.134. The highest BCUT2D eigenvalue weighted by molar-refractivity contribution is 6.09. The first-order valence-electron chi connectivity index (χ1n) is 9.80. The Bertz CT molecular complexity index is 1020. The molecule has 156 valence electrons. The highest BCUT2D eigenvalue weighted by Gasteiger charge is 2.31. The van der Waals surface area contributed by atoms with Crippen LogP contribution in [0.15, 0.2) is 42.5 Å². The van der Waals surface area contributed by atoms with Crippen LogP contribution in [0.2, 0.25) is 0 Å². The monoisotopic (exact) mass is 407 g/mol. The number of fused-ring (bicyclic) bond motifs is 1. The molecule has 4 amide bonds. The normalized spacial score (nSPS) is 13.1. The van der Waals surface area contributed by atoms with Crippen molar-refractivity contribution in [1.29, 1.82) is 0 Å². The fourth-order valence-corrected chi connectivity index (χ4v) is 3.39. The molecule has 2 aromatic rings. The summed E-state index contributed by atoms with van der Waals surface area (Å²) in [6.07, 6.45) is 0.108. The summed E-state index contributed by atoms with van der Waals surface area (Å²) in [7, 11) is 1.53. The van der Waals surface area contributed by atoms with Gasteiger partial charge in [0.15, 0.2) is 0 Å². The molecule has 7 heteroatoms. The molecule has 0 saturated carbocycles. The molecular weight excluding hydrogens is 382 g/mol. The zero-order valence-electron chi connectivity index (χ0n) is 17.4. The number of carbonyl (C=O) groups excluding carboxylic acids is 4. The Kier molecular flexibility index (Phi) is 6.30. The molecule has 1 aliphatic rings. The number of amides is 4. The van der Waals surface area contributed by atoms with Gasteiger partial charge in [-0.3, -0.25) is 24.1 Å². The Labute approximate surface area is 175 Å². The summed E-state index contributed by atoms with van der Waals surface area (Å²) in [4.78, 5) is 52.1. The number of benzene rings is 2. The van der Waals surface area contributed by atoms with Crippen LogP contribution in [-0.2, 0) is 20.8 Å². The summed E-state index contributed by atoms with van der Waals surface area (Å²) in [5.41, 5.74) is 3.87. The van der Waals surface area contributed by atoms with E-state index in [1.165, 1.54) is 11.9 Å². The van der Waals surface area contributed by atoms with Crippen LogP contribution < -0.4 is 5.32 Å². The number of hydrogen-bond acceptors (Lipinski definition) is 4. The number of aryl methyl sites for hydroxylation is 2. The summed E-state index contributed by atoms with van der Waals surface area (Å²) in [5, 5.41) is 2.82. The molecule has 0 fully saturated rings. The standard InChI is InChI=1S/C23H25N3O4/c1-15-8-9-16(2)19(12-15)24-20(27)14-25(3)21(28)10-11-26-22(29)13-17-6-4-5-7-18(17)23(26)30/h4-9,12H,10-11,13-14H2,1-3H3,(H,24,27). The number of imide groups is 1. The Balaban J connectivity index is 1.54. The number of anilines is 1. The number of carbonyl (C=O) groups is 4. The first kappa shape index (κ1) is 21.2. The van der Waals surface area contributed by atoms with E-state index in [1.54, 1.807) is 24.3 Å². The molecule has 0 aromatic heterocycles. The van der Waals surface area contributed by atoms with Crippen molar-refractivity contribution >= 4 is 29.3 Å². The summed E-state index contributed by atoms with van der Waals surface area (Å²) in [6, 6.07) is 12.7. The second kappa shape index (κ2) is 8.90. The predicted octanol–water partition coefficient (Wildman–Crippen LogP) is 2.32. The van der Waals surface area contributed by atoms with Gasteiger partial charge < -0.3 is 10.2 Å². The Morgan fingerprint density at radius 3 is 2.60 bits per heavy atom. The van der Waals surface area contributed by atoms with Crippen LogP contribution in [0.4, 0.5) is 5.69 Å². The molecule has 0 spiro atoms. The molecule has 1 heterocycles. The average Bonchev–Trinajstić information content (AvgIpc) is 2.70. The molecule has 7 nitrogen and oxygen atoms in total. The SMILES string of the molecule is Cc1ccc(C)c(NC(=O)CN(C)C(=O)CCN2C(=O)Cc3ccccc3C2=O)c1. The minimum atomic E-state index is -0.384. The summed E-state index contributed by atoms with van der Waals surface area (Å²) in [5.74, 6) is -1.32. The van der Waals surface area contributed by atoms with Gasteiger partial charge in [-0.2, -0.15) is 0 Å². The fourth-order valence-electron chi connectivity index (χ4n) is 3.39. The highest BCUT2D eigenvalue weighted by Crippen LogP contribution is 2.20. The van der Waals surface area contributed by atoms with E-state index in [0.717, 1.165) is 16.0 Å². The second-order valence-corrected chi connectivity index (χ2v) is 7.55. The molecule has 3 rings (SSSR count). The topological polar surface area (TPSA) is 86.8 Å². The van der Waals surface area contributed by atoms with Gasteiger partial charge in [-0.1, -0.05) is 30.3 Å². The second-order valence-electron chi connectivity index (χ2n) is 7.55. The maximum atomic E-state index is 12.6. The molecule has 2 aromatic carbocycles. The average molecular weight is 407 g/mol. The van der Waals surface area contributed by atoms with Gasteiger partial charge in [0.05, 0.1) is 13.0 Å². The van der Waals surface area contributed by atoms with Crippen molar-refractivity contribution in [3.63, 3.8) is 0 Å². The van der Waals surface area contributed by atoms with Crippen LogP contribution in [0.25, 0.3) is 0 Å². The van der Waals surface area contributed by atoms with Crippen molar-refractivity contribution in [2.45, 2.75) is 26.7 Å². The van der Waals surface area contributed by atoms with E-state index in [4.69, 9.17) is 0 Å². The van der Waals surface area contributed by atoms with Gasteiger partial charge in [0, 0.05) is 31.3 Å². The van der Waals surface area contributed by atoms with E-state index in [2.05, 4.69) is 5.32 Å². The largest absolute Gasteiger partial charge is 0.336 e. The quantitative estimate of drug-likeness (QED) is 0.745. The number of nitrogens with one attached hydrogen (secondary N) is 1. The molecule has 1 aliphatic heterocycles.